The van der Waals surface area contributed by atoms with E-state index < -0.39 is 5.97 Å². The Bertz CT molecular complexity index is 436. The van der Waals surface area contributed by atoms with Crippen LogP contribution in [0.5, 0.6) is 5.75 Å². The summed E-state index contributed by atoms with van der Waals surface area (Å²) in [5.41, 5.74) is -0.0319. The van der Waals surface area contributed by atoms with Crippen LogP contribution in [-0.4, -0.2) is 41.7 Å². The molecule has 1 fully saturated rings. The fourth-order valence-corrected chi connectivity index (χ4v) is 2.19. The van der Waals surface area contributed by atoms with Gasteiger partial charge in [0.05, 0.1) is 0 Å². The first kappa shape index (κ1) is 12.9. The molecule has 98 valence electrons. The largest absolute Gasteiger partial charge is 0.487 e. The van der Waals surface area contributed by atoms with E-state index in [-0.39, 0.29) is 11.2 Å². The Morgan fingerprint density at radius 1 is 1.33 bits per heavy atom. The van der Waals surface area contributed by atoms with Crippen molar-refractivity contribution in [3.05, 3.63) is 29.8 Å². The predicted molar refractivity (Wildman–Crippen MR) is 69.2 cm³/mol. The first-order valence-electron chi connectivity index (χ1n) is 6.20. The van der Waals surface area contributed by atoms with Gasteiger partial charge in [-0.2, -0.15) is 0 Å². The zero-order valence-electron chi connectivity index (χ0n) is 10.8. The maximum Gasteiger partial charge on any atom is 0.339 e. The van der Waals surface area contributed by atoms with Crippen molar-refractivity contribution < 1.29 is 14.6 Å². The summed E-state index contributed by atoms with van der Waals surface area (Å²) >= 11 is 0. The number of piperidine rings is 1. The molecule has 0 amide bonds. The number of nitrogens with zero attached hydrogens (tertiary/aromatic N) is 1. The molecule has 4 nitrogen and oxygen atoms in total. The van der Waals surface area contributed by atoms with Crippen LogP contribution in [0.15, 0.2) is 24.3 Å². The molecule has 1 heterocycles. The van der Waals surface area contributed by atoms with E-state index in [0.29, 0.717) is 5.75 Å². The number of carboxylic acids is 1. The molecular weight excluding hydrogens is 230 g/mol. The number of ether oxygens (including phenoxy) is 1. The van der Waals surface area contributed by atoms with Crippen molar-refractivity contribution in [2.24, 2.45) is 0 Å². The standard InChI is InChI=1S/C14H19NO3/c1-14(7-9-15(2)10-8-14)18-12-6-4-3-5-11(12)13(16)17/h3-6H,7-10H2,1-2H3,(H,16,17). The monoisotopic (exact) mass is 249 g/mol. The molecular formula is C14H19NO3. The number of aromatic carboxylic acids is 1. The molecule has 18 heavy (non-hydrogen) atoms. The highest BCUT2D eigenvalue weighted by molar-refractivity contribution is 5.90. The average Bonchev–Trinajstić information content (AvgIpc) is 2.34. The van der Waals surface area contributed by atoms with Crippen LogP contribution in [0.2, 0.25) is 0 Å². The molecule has 0 spiro atoms. The van der Waals surface area contributed by atoms with Gasteiger partial charge in [0.2, 0.25) is 0 Å². The highest BCUT2D eigenvalue weighted by Crippen LogP contribution is 2.30. The molecule has 1 saturated heterocycles. The second-order valence-electron chi connectivity index (χ2n) is 5.16. The third-order valence-corrected chi connectivity index (χ3v) is 3.52. The summed E-state index contributed by atoms with van der Waals surface area (Å²) < 4.78 is 5.98. The summed E-state index contributed by atoms with van der Waals surface area (Å²) in [5.74, 6) is -0.473. The van der Waals surface area contributed by atoms with E-state index in [2.05, 4.69) is 18.9 Å². The number of rotatable bonds is 3. The van der Waals surface area contributed by atoms with Crippen molar-refractivity contribution in [2.75, 3.05) is 20.1 Å². The normalized spacial score (nSPS) is 19.4. The van der Waals surface area contributed by atoms with Gasteiger partial charge in [-0.3, -0.25) is 0 Å². The molecule has 0 radical (unpaired) electrons. The maximum absolute atomic E-state index is 11.1. The van der Waals surface area contributed by atoms with Crippen LogP contribution in [-0.2, 0) is 0 Å². The Morgan fingerprint density at radius 2 is 1.94 bits per heavy atom. The van der Waals surface area contributed by atoms with Gasteiger partial charge in [0.1, 0.15) is 16.9 Å². The molecule has 2 rings (SSSR count). The lowest BCUT2D eigenvalue weighted by Gasteiger charge is -2.38. The number of carbonyl (C=O) groups is 1. The molecule has 1 aliphatic rings. The minimum Gasteiger partial charge on any atom is -0.487 e. The van der Waals surface area contributed by atoms with Crippen LogP contribution < -0.4 is 4.74 Å². The van der Waals surface area contributed by atoms with Crippen LogP contribution in [0.1, 0.15) is 30.1 Å². The van der Waals surface area contributed by atoms with Crippen molar-refractivity contribution >= 4 is 5.97 Å². The second kappa shape index (κ2) is 4.98. The molecule has 0 aromatic heterocycles. The quantitative estimate of drug-likeness (QED) is 0.892. The fourth-order valence-electron chi connectivity index (χ4n) is 2.19. The van der Waals surface area contributed by atoms with Gasteiger partial charge in [0.25, 0.3) is 0 Å². The van der Waals surface area contributed by atoms with Gasteiger partial charge in [-0.1, -0.05) is 12.1 Å². The fraction of sp³-hybridized carbons (Fsp3) is 0.500. The zero-order chi connectivity index (χ0) is 13.2. The molecule has 0 aliphatic carbocycles. The van der Waals surface area contributed by atoms with Crippen molar-refractivity contribution in [2.45, 2.75) is 25.4 Å². The third-order valence-electron chi connectivity index (χ3n) is 3.52. The summed E-state index contributed by atoms with van der Waals surface area (Å²) in [4.78, 5) is 13.4. The molecule has 1 aromatic rings. The van der Waals surface area contributed by atoms with Gasteiger partial charge in [-0.25, -0.2) is 4.79 Å². The molecule has 0 unspecified atom stereocenters. The van der Waals surface area contributed by atoms with E-state index in [1.54, 1.807) is 24.3 Å². The Labute approximate surface area is 107 Å². The van der Waals surface area contributed by atoms with E-state index >= 15 is 0 Å². The first-order valence-corrected chi connectivity index (χ1v) is 6.20. The smallest absolute Gasteiger partial charge is 0.339 e. The molecule has 1 aromatic carbocycles. The lowest BCUT2D eigenvalue weighted by molar-refractivity contribution is 0.0226. The van der Waals surface area contributed by atoms with Crippen molar-refractivity contribution in [3.8, 4) is 5.75 Å². The lowest BCUT2D eigenvalue weighted by Crippen LogP contribution is -2.44. The van der Waals surface area contributed by atoms with Gasteiger partial charge in [-0.05, 0) is 38.9 Å². The minimum atomic E-state index is -0.942. The van der Waals surface area contributed by atoms with E-state index in [1.807, 2.05) is 0 Å². The van der Waals surface area contributed by atoms with E-state index in [0.717, 1.165) is 25.9 Å². The Kier molecular flexibility index (Phi) is 3.57. The van der Waals surface area contributed by atoms with Gasteiger partial charge in [-0.15, -0.1) is 0 Å². The van der Waals surface area contributed by atoms with Crippen LogP contribution in [0.4, 0.5) is 0 Å². The third kappa shape index (κ3) is 2.82. The number of hydrogen-bond acceptors (Lipinski definition) is 3. The molecule has 4 heteroatoms. The summed E-state index contributed by atoms with van der Waals surface area (Å²) in [6.45, 7) is 4.01. The second-order valence-corrected chi connectivity index (χ2v) is 5.16. The van der Waals surface area contributed by atoms with Gasteiger partial charge in [0.15, 0.2) is 0 Å². The van der Waals surface area contributed by atoms with E-state index in [4.69, 9.17) is 9.84 Å². The van der Waals surface area contributed by atoms with E-state index in [1.165, 1.54) is 0 Å². The number of likely N-dealkylation sites (tertiary alicyclic amines) is 1. The predicted octanol–water partition coefficient (Wildman–Crippen LogP) is 2.25. The highest BCUT2D eigenvalue weighted by atomic mass is 16.5. The number of benzene rings is 1. The summed E-state index contributed by atoms with van der Waals surface area (Å²) in [5, 5.41) is 9.13. The number of para-hydroxylation sites is 1. The van der Waals surface area contributed by atoms with Crippen LogP contribution in [0, 0.1) is 0 Å². The summed E-state index contributed by atoms with van der Waals surface area (Å²) in [6, 6.07) is 6.83. The number of carboxylic acid groups (broad SMARTS) is 1. The molecule has 0 atom stereocenters. The Morgan fingerprint density at radius 3 is 2.56 bits per heavy atom. The van der Waals surface area contributed by atoms with Crippen LogP contribution in [0.3, 0.4) is 0 Å². The number of hydrogen-bond donors (Lipinski definition) is 1. The Hall–Kier alpha value is -1.55. The minimum absolute atomic E-state index is 0.234. The van der Waals surface area contributed by atoms with Crippen LogP contribution >= 0.6 is 0 Å². The molecule has 1 N–H and O–H groups in total. The van der Waals surface area contributed by atoms with E-state index in [9.17, 15) is 4.79 Å². The highest BCUT2D eigenvalue weighted by Gasteiger charge is 2.31. The lowest BCUT2D eigenvalue weighted by atomic mass is 9.93. The topological polar surface area (TPSA) is 49.8 Å². The molecule has 0 saturated carbocycles. The van der Waals surface area contributed by atoms with Crippen molar-refractivity contribution in [1.82, 2.24) is 4.90 Å². The van der Waals surface area contributed by atoms with Gasteiger partial charge in [0, 0.05) is 13.1 Å². The van der Waals surface area contributed by atoms with Gasteiger partial charge >= 0.3 is 5.97 Å². The summed E-state index contributed by atoms with van der Waals surface area (Å²) in [6.07, 6.45) is 1.83. The average molecular weight is 249 g/mol. The molecule has 1 aliphatic heterocycles. The van der Waals surface area contributed by atoms with Crippen molar-refractivity contribution in [1.29, 1.82) is 0 Å². The zero-order valence-corrected chi connectivity index (χ0v) is 10.8. The van der Waals surface area contributed by atoms with Crippen molar-refractivity contribution in [3.63, 3.8) is 0 Å². The molecule has 0 bridgehead atoms. The van der Waals surface area contributed by atoms with Gasteiger partial charge < -0.3 is 14.7 Å². The maximum atomic E-state index is 11.1. The SMILES string of the molecule is CN1CCC(C)(Oc2ccccc2C(=O)O)CC1. The summed E-state index contributed by atoms with van der Waals surface area (Å²) in [7, 11) is 2.09. The van der Waals surface area contributed by atoms with Crippen LogP contribution in [0.25, 0.3) is 0 Å². The first-order chi connectivity index (χ1) is 8.50. The Balaban J connectivity index is 2.16.